The van der Waals surface area contributed by atoms with Crippen LogP contribution in [0.3, 0.4) is 0 Å². The normalized spacial score (nSPS) is 14.8. The molecule has 0 saturated heterocycles. The van der Waals surface area contributed by atoms with Gasteiger partial charge in [0.15, 0.2) is 23.1 Å². The third-order valence-electron chi connectivity index (χ3n) is 7.55. The number of benzene rings is 6. The molecular formula is C39H24N4O. The molecule has 44 heavy (non-hydrogen) atoms. The second kappa shape index (κ2) is 9.75. The molecule has 6 aromatic carbocycles. The van der Waals surface area contributed by atoms with E-state index in [9.17, 15) is 2.74 Å². The fourth-order valence-electron chi connectivity index (χ4n) is 5.59. The summed E-state index contributed by atoms with van der Waals surface area (Å²) in [5, 5.41) is -0.177. The lowest BCUT2D eigenvalue weighted by molar-refractivity contribution is 0.671. The first-order valence-electron chi connectivity index (χ1n) is 18.8. The second-order valence-corrected chi connectivity index (χ2v) is 10.1. The molecule has 3 heterocycles. The Labute approximate surface area is 266 Å². The molecule has 5 heteroatoms. The first-order valence-corrected chi connectivity index (χ1v) is 13.8. The van der Waals surface area contributed by atoms with Crippen molar-refractivity contribution in [2.75, 3.05) is 0 Å². The molecule has 0 aliphatic carbocycles. The molecule has 0 unspecified atom stereocenters. The molecular weight excluding hydrogens is 540 g/mol. The average Bonchev–Trinajstić information content (AvgIpc) is 3.78. The van der Waals surface area contributed by atoms with E-state index < -0.39 is 60.4 Å². The smallest absolute Gasteiger partial charge is 0.166 e. The van der Waals surface area contributed by atoms with Crippen LogP contribution >= 0.6 is 0 Å². The third-order valence-corrected chi connectivity index (χ3v) is 7.55. The van der Waals surface area contributed by atoms with E-state index in [-0.39, 0.29) is 49.6 Å². The van der Waals surface area contributed by atoms with Crippen molar-refractivity contribution in [2.24, 2.45) is 0 Å². The molecule has 0 saturated carbocycles. The summed E-state index contributed by atoms with van der Waals surface area (Å²) >= 11 is 0. The van der Waals surface area contributed by atoms with Gasteiger partial charge in [0.05, 0.1) is 30.4 Å². The molecule has 9 rings (SSSR count). The average molecular weight is 575 g/mol. The molecule has 9 aromatic rings. The molecule has 0 aliphatic heterocycles. The Morgan fingerprint density at radius 1 is 0.523 bits per heavy atom. The second-order valence-electron chi connectivity index (χ2n) is 10.1. The van der Waals surface area contributed by atoms with Gasteiger partial charge in [0.2, 0.25) is 0 Å². The SMILES string of the molecule is [2H]c1c([2H])c([2H])c2c(oc3c2c([2H])c([2H])c2c4c([2H])c([2H])c([2H])c([2H])c4n(-c4ccccc4-c4nc(-c5ccccc5)nc(-c5ccccc5)n4)c32)c1[2H]. The number of rotatable bonds is 4. The lowest BCUT2D eigenvalue weighted by atomic mass is 10.1. The molecule has 5 nitrogen and oxygen atoms in total. The molecule has 0 radical (unpaired) electrons. The highest BCUT2D eigenvalue weighted by molar-refractivity contribution is 6.21. The van der Waals surface area contributed by atoms with Gasteiger partial charge in [-0.25, -0.2) is 15.0 Å². The van der Waals surface area contributed by atoms with E-state index in [4.69, 9.17) is 30.3 Å². The maximum absolute atomic E-state index is 9.30. The highest BCUT2D eigenvalue weighted by atomic mass is 16.3. The van der Waals surface area contributed by atoms with Gasteiger partial charge in [-0.05, 0) is 30.3 Å². The number of fused-ring (bicyclic) bond motifs is 7. The fourth-order valence-corrected chi connectivity index (χ4v) is 5.59. The van der Waals surface area contributed by atoms with Gasteiger partial charge in [0.25, 0.3) is 0 Å². The molecule has 0 fully saturated rings. The molecule has 0 spiro atoms. The first kappa shape index (κ1) is 16.5. The number of nitrogens with zero attached hydrogens (tertiary/aromatic N) is 4. The van der Waals surface area contributed by atoms with Crippen molar-refractivity contribution in [2.45, 2.75) is 0 Å². The van der Waals surface area contributed by atoms with Gasteiger partial charge in [-0.2, -0.15) is 0 Å². The number of furan rings is 1. The van der Waals surface area contributed by atoms with Crippen LogP contribution in [0.4, 0.5) is 0 Å². The maximum Gasteiger partial charge on any atom is 0.166 e. The number of hydrogen-bond donors (Lipinski definition) is 0. The molecule has 0 N–H and O–H groups in total. The van der Waals surface area contributed by atoms with Crippen LogP contribution in [0.1, 0.15) is 13.7 Å². The molecule has 3 aromatic heterocycles. The minimum absolute atomic E-state index is 0.00974. The molecule has 0 aliphatic rings. The van der Waals surface area contributed by atoms with Gasteiger partial charge in [0, 0.05) is 38.2 Å². The van der Waals surface area contributed by atoms with E-state index in [1.165, 1.54) is 4.57 Å². The summed E-state index contributed by atoms with van der Waals surface area (Å²) in [5.41, 5.74) is 1.99. The summed E-state index contributed by atoms with van der Waals surface area (Å²) in [6, 6.07) is 21.0. The van der Waals surface area contributed by atoms with Crippen molar-refractivity contribution in [1.82, 2.24) is 19.5 Å². The Kier molecular flexibility index (Phi) is 3.66. The summed E-state index contributed by atoms with van der Waals surface area (Å²) in [5.74, 6) is 1.00. The van der Waals surface area contributed by atoms with Gasteiger partial charge >= 0.3 is 0 Å². The summed E-state index contributed by atoms with van der Waals surface area (Å²) in [6.07, 6.45) is 0. The lowest BCUT2D eigenvalue weighted by Crippen LogP contribution is -2.03. The Hall–Kier alpha value is -6.07. The van der Waals surface area contributed by atoms with Crippen molar-refractivity contribution in [3.63, 3.8) is 0 Å². The fraction of sp³-hybridized carbons (Fsp3) is 0. The largest absolute Gasteiger partial charge is 0.454 e. The summed E-state index contributed by atoms with van der Waals surface area (Å²) in [6.45, 7) is 0. The summed E-state index contributed by atoms with van der Waals surface area (Å²) < 4.78 is 95.7. The van der Waals surface area contributed by atoms with Crippen LogP contribution in [0, 0.1) is 0 Å². The van der Waals surface area contributed by atoms with Crippen LogP contribution in [0.2, 0.25) is 0 Å². The lowest BCUT2D eigenvalue weighted by Gasteiger charge is -2.14. The molecule has 0 atom stereocenters. The predicted octanol–water partition coefficient (Wildman–Crippen LogP) is 9.87. The van der Waals surface area contributed by atoms with E-state index in [1.54, 1.807) is 24.3 Å². The van der Waals surface area contributed by atoms with Crippen LogP contribution in [0.5, 0.6) is 0 Å². The molecule has 206 valence electrons. The minimum atomic E-state index is -0.538. The zero-order valence-corrected chi connectivity index (χ0v) is 22.8. The zero-order chi connectivity index (χ0) is 37.7. The van der Waals surface area contributed by atoms with Crippen molar-refractivity contribution in [3.05, 3.63) is 145 Å². The van der Waals surface area contributed by atoms with E-state index in [1.807, 2.05) is 60.7 Å². The number of para-hydroxylation sites is 3. The molecule has 0 amide bonds. The standard InChI is InChI=1S/C39H24N4O/c1-3-13-25(14-4-1)37-40-38(26-15-5-2-6-16-26)42-39(41-37)31-19-8-11-21-33(31)43-32-20-10-7-17-27(32)29-23-24-30-28-18-9-12-22-34(28)44-36(30)35(29)43/h1-24H/i7D,9D,10D,12D,17D,18D,20D,22D,23D,24D. The minimum Gasteiger partial charge on any atom is -0.454 e. The van der Waals surface area contributed by atoms with Gasteiger partial charge in [-0.1, -0.05) is 115 Å². The number of hydrogen-bond acceptors (Lipinski definition) is 4. The van der Waals surface area contributed by atoms with Crippen LogP contribution < -0.4 is 0 Å². The van der Waals surface area contributed by atoms with Crippen molar-refractivity contribution < 1.29 is 18.1 Å². The Morgan fingerprint density at radius 2 is 1.11 bits per heavy atom. The highest BCUT2D eigenvalue weighted by Gasteiger charge is 2.22. The third kappa shape index (κ3) is 3.76. The summed E-state index contributed by atoms with van der Waals surface area (Å²) in [7, 11) is 0. The van der Waals surface area contributed by atoms with Gasteiger partial charge in [0.1, 0.15) is 5.58 Å². The van der Waals surface area contributed by atoms with Gasteiger partial charge in [-0.15, -0.1) is 0 Å². The topological polar surface area (TPSA) is 56.7 Å². The van der Waals surface area contributed by atoms with Crippen molar-refractivity contribution >= 4 is 43.7 Å². The monoisotopic (exact) mass is 574 g/mol. The van der Waals surface area contributed by atoms with Crippen LogP contribution in [-0.2, 0) is 0 Å². The Balaban J connectivity index is 1.49. The van der Waals surface area contributed by atoms with Crippen LogP contribution in [-0.4, -0.2) is 19.5 Å². The quantitative estimate of drug-likeness (QED) is 0.210. The van der Waals surface area contributed by atoms with Gasteiger partial charge < -0.3 is 8.98 Å². The van der Waals surface area contributed by atoms with Crippen LogP contribution in [0.25, 0.3) is 83.6 Å². The highest BCUT2D eigenvalue weighted by Crippen LogP contribution is 2.41. The molecule has 0 bridgehead atoms. The van der Waals surface area contributed by atoms with Crippen LogP contribution in [0.15, 0.2) is 150 Å². The zero-order valence-electron chi connectivity index (χ0n) is 32.8. The van der Waals surface area contributed by atoms with E-state index in [0.717, 1.165) is 11.1 Å². The first-order chi connectivity index (χ1) is 26.0. The maximum atomic E-state index is 9.30. The van der Waals surface area contributed by atoms with E-state index in [0.29, 0.717) is 22.9 Å². The Bertz CT molecular complexity index is 3000. The van der Waals surface area contributed by atoms with E-state index in [2.05, 4.69) is 0 Å². The van der Waals surface area contributed by atoms with Crippen molar-refractivity contribution in [1.29, 1.82) is 0 Å². The Morgan fingerprint density at radius 3 is 1.86 bits per heavy atom. The summed E-state index contributed by atoms with van der Waals surface area (Å²) in [4.78, 5) is 14.6. The predicted molar refractivity (Wildman–Crippen MR) is 178 cm³/mol. The number of aromatic nitrogens is 4. The van der Waals surface area contributed by atoms with Gasteiger partial charge in [-0.3, -0.25) is 0 Å². The van der Waals surface area contributed by atoms with Crippen molar-refractivity contribution in [3.8, 4) is 39.9 Å². The van der Waals surface area contributed by atoms with E-state index >= 15 is 0 Å².